The number of rotatable bonds is 6. The van der Waals surface area contributed by atoms with Crippen LogP contribution in [0.4, 0.5) is 4.79 Å². The normalized spacial score (nSPS) is 13.3. The second-order valence-electron chi connectivity index (χ2n) is 5.08. The number of benzene rings is 1. The van der Waals surface area contributed by atoms with E-state index >= 15 is 0 Å². The van der Waals surface area contributed by atoms with E-state index in [0.29, 0.717) is 6.54 Å². The topological polar surface area (TPSA) is 84.2 Å². The number of carbonyl (C=O) groups excluding carboxylic acids is 2. The molecule has 20 heavy (non-hydrogen) atoms. The maximum atomic E-state index is 12.1. The Morgan fingerprint density at radius 1 is 1.25 bits per heavy atom. The highest BCUT2D eigenvalue weighted by molar-refractivity contribution is 5.86. The zero-order valence-corrected chi connectivity index (χ0v) is 12.3. The molecule has 1 aromatic rings. The van der Waals surface area contributed by atoms with Crippen molar-refractivity contribution in [1.29, 1.82) is 0 Å². The van der Waals surface area contributed by atoms with Crippen molar-refractivity contribution in [3.8, 4) is 0 Å². The maximum absolute atomic E-state index is 12.1. The predicted octanol–water partition coefficient (Wildman–Crippen LogP) is 1.69. The number of urea groups is 1. The van der Waals surface area contributed by atoms with Gasteiger partial charge in [-0.25, -0.2) is 4.79 Å². The molecule has 0 aliphatic rings. The van der Waals surface area contributed by atoms with Crippen LogP contribution in [0.25, 0.3) is 0 Å². The second-order valence-corrected chi connectivity index (χ2v) is 5.08. The minimum Gasteiger partial charge on any atom is -0.352 e. The standard InChI is InChI=1S/C15H23N3O2/c1-4-11(3)13(18-15(16)20)14(19)17-9-12-7-5-10(2)6-8-12/h5-8,11,13H,4,9H2,1-3H3,(H,17,19)(H3,16,18,20)/t11-,13-/m1/s1. The monoisotopic (exact) mass is 277 g/mol. The van der Waals surface area contributed by atoms with Crippen LogP contribution >= 0.6 is 0 Å². The maximum Gasteiger partial charge on any atom is 0.312 e. The molecule has 0 aliphatic carbocycles. The largest absolute Gasteiger partial charge is 0.352 e. The van der Waals surface area contributed by atoms with Gasteiger partial charge in [-0.05, 0) is 18.4 Å². The molecule has 4 N–H and O–H groups in total. The summed E-state index contributed by atoms with van der Waals surface area (Å²) in [7, 11) is 0. The molecule has 0 heterocycles. The van der Waals surface area contributed by atoms with Gasteiger partial charge in [0.15, 0.2) is 0 Å². The van der Waals surface area contributed by atoms with Crippen LogP contribution in [-0.4, -0.2) is 18.0 Å². The number of hydrogen-bond acceptors (Lipinski definition) is 2. The van der Waals surface area contributed by atoms with E-state index in [0.717, 1.165) is 12.0 Å². The number of hydrogen-bond donors (Lipinski definition) is 3. The molecule has 2 atom stereocenters. The third-order valence-corrected chi connectivity index (χ3v) is 3.38. The van der Waals surface area contributed by atoms with Crippen molar-refractivity contribution in [1.82, 2.24) is 10.6 Å². The summed E-state index contributed by atoms with van der Waals surface area (Å²) in [5.74, 6) is -0.181. The van der Waals surface area contributed by atoms with Crippen LogP contribution < -0.4 is 16.4 Å². The van der Waals surface area contributed by atoms with Crippen molar-refractivity contribution in [2.24, 2.45) is 11.7 Å². The number of aryl methyl sites for hydroxylation is 1. The van der Waals surface area contributed by atoms with Crippen molar-refractivity contribution < 1.29 is 9.59 Å². The lowest BCUT2D eigenvalue weighted by molar-refractivity contribution is -0.124. The fourth-order valence-electron chi connectivity index (χ4n) is 1.86. The van der Waals surface area contributed by atoms with E-state index in [4.69, 9.17) is 5.73 Å². The van der Waals surface area contributed by atoms with Crippen LogP contribution in [0.15, 0.2) is 24.3 Å². The minimum absolute atomic E-state index is 0.0283. The van der Waals surface area contributed by atoms with Crippen LogP contribution in [0.2, 0.25) is 0 Å². The van der Waals surface area contributed by atoms with Crippen LogP contribution in [0.5, 0.6) is 0 Å². The van der Waals surface area contributed by atoms with E-state index in [9.17, 15) is 9.59 Å². The summed E-state index contributed by atoms with van der Waals surface area (Å²) >= 11 is 0. The molecule has 0 spiro atoms. The summed E-state index contributed by atoms with van der Waals surface area (Å²) in [6.45, 7) is 6.32. The molecule has 5 nitrogen and oxygen atoms in total. The van der Waals surface area contributed by atoms with E-state index in [1.165, 1.54) is 5.56 Å². The average molecular weight is 277 g/mol. The molecule has 110 valence electrons. The van der Waals surface area contributed by atoms with Gasteiger partial charge < -0.3 is 16.4 Å². The highest BCUT2D eigenvalue weighted by Gasteiger charge is 2.24. The molecule has 0 aromatic heterocycles. The smallest absolute Gasteiger partial charge is 0.312 e. The Morgan fingerprint density at radius 3 is 2.35 bits per heavy atom. The number of amides is 3. The van der Waals surface area contributed by atoms with E-state index in [2.05, 4.69) is 10.6 Å². The molecule has 0 saturated carbocycles. The average Bonchev–Trinajstić information content (AvgIpc) is 2.42. The fourth-order valence-corrected chi connectivity index (χ4v) is 1.86. The van der Waals surface area contributed by atoms with Gasteiger partial charge in [0.1, 0.15) is 6.04 Å². The SMILES string of the molecule is CC[C@@H](C)[C@@H](NC(N)=O)C(=O)NCc1ccc(C)cc1. The molecular weight excluding hydrogens is 254 g/mol. The molecule has 0 radical (unpaired) electrons. The zero-order chi connectivity index (χ0) is 15.1. The van der Waals surface area contributed by atoms with Gasteiger partial charge in [0.2, 0.25) is 5.91 Å². The Hall–Kier alpha value is -2.04. The van der Waals surface area contributed by atoms with Crippen LogP contribution in [0, 0.1) is 12.8 Å². The van der Waals surface area contributed by atoms with Gasteiger partial charge in [-0.1, -0.05) is 50.1 Å². The number of nitrogens with one attached hydrogen (secondary N) is 2. The molecule has 0 aliphatic heterocycles. The molecular formula is C15H23N3O2. The third kappa shape index (κ3) is 4.91. The third-order valence-electron chi connectivity index (χ3n) is 3.38. The van der Waals surface area contributed by atoms with Crippen molar-refractivity contribution in [2.75, 3.05) is 0 Å². The Bertz CT molecular complexity index is 457. The van der Waals surface area contributed by atoms with Gasteiger partial charge in [0.25, 0.3) is 0 Å². The first-order valence-electron chi connectivity index (χ1n) is 6.83. The van der Waals surface area contributed by atoms with E-state index in [1.54, 1.807) is 0 Å². The summed E-state index contributed by atoms with van der Waals surface area (Å²) in [5.41, 5.74) is 7.31. The molecule has 0 saturated heterocycles. The lowest BCUT2D eigenvalue weighted by Gasteiger charge is -2.22. The highest BCUT2D eigenvalue weighted by atomic mass is 16.2. The Kier molecular flexibility index (Phi) is 6.03. The quantitative estimate of drug-likeness (QED) is 0.739. The highest BCUT2D eigenvalue weighted by Crippen LogP contribution is 2.08. The van der Waals surface area contributed by atoms with E-state index < -0.39 is 12.1 Å². The van der Waals surface area contributed by atoms with Crippen LogP contribution in [0.3, 0.4) is 0 Å². The molecule has 1 rings (SSSR count). The van der Waals surface area contributed by atoms with Crippen molar-refractivity contribution in [3.05, 3.63) is 35.4 Å². The number of nitrogens with two attached hydrogens (primary N) is 1. The van der Waals surface area contributed by atoms with E-state index in [1.807, 2.05) is 45.0 Å². The Labute approximate surface area is 119 Å². The summed E-state index contributed by atoms with van der Waals surface area (Å²) < 4.78 is 0. The molecule has 3 amide bonds. The van der Waals surface area contributed by atoms with Crippen molar-refractivity contribution >= 4 is 11.9 Å². The van der Waals surface area contributed by atoms with Crippen molar-refractivity contribution in [2.45, 2.75) is 39.8 Å². The van der Waals surface area contributed by atoms with Gasteiger partial charge >= 0.3 is 6.03 Å². The fraction of sp³-hybridized carbons (Fsp3) is 0.467. The Morgan fingerprint density at radius 2 is 1.85 bits per heavy atom. The first kappa shape index (κ1) is 16.0. The van der Waals surface area contributed by atoms with Gasteiger partial charge in [0.05, 0.1) is 0 Å². The summed E-state index contributed by atoms with van der Waals surface area (Å²) in [5, 5.41) is 5.33. The second kappa shape index (κ2) is 7.53. The van der Waals surface area contributed by atoms with Crippen LogP contribution in [-0.2, 0) is 11.3 Å². The van der Waals surface area contributed by atoms with Gasteiger partial charge in [-0.15, -0.1) is 0 Å². The Balaban J connectivity index is 2.61. The van der Waals surface area contributed by atoms with E-state index in [-0.39, 0.29) is 11.8 Å². The molecule has 0 bridgehead atoms. The van der Waals surface area contributed by atoms with Gasteiger partial charge in [-0.3, -0.25) is 4.79 Å². The first-order valence-corrected chi connectivity index (χ1v) is 6.83. The van der Waals surface area contributed by atoms with Crippen molar-refractivity contribution in [3.63, 3.8) is 0 Å². The predicted molar refractivity (Wildman–Crippen MR) is 79.0 cm³/mol. The number of primary amides is 1. The van der Waals surface area contributed by atoms with Gasteiger partial charge in [0, 0.05) is 6.54 Å². The first-order chi connectivity index (χ1) is 9.43. The van der Waals surface area contributed by atoms with Gasteiger partial charge in [-0.2, -0.15) is 0 Å². The summed E-state index contributed by atoms with van der Waals surface area (Å²) in [4.78, 5) is 23.1. The lowest BCUT2D eigenvalue weighted by Crippen LogP contribution is -2.51. The molecule has 1 aromatic carbocycles. The minimum atomic E-state index is -0.680. The number of carbonyl (C=O) groups is 2. The molecule has 5 heteroatoms. The summed E-state index contributed by atoms with van der Waals surface area (Å²) in [6, 6.07) is 6.65. The van der Waals surface area contributed by atoms with Crippen LogP contribution in [0.1, 0.15) is 31.4 Å². The lowest BCUT2D eigenvalue weighted by atomic mass is 9.98. The summed E-state index contributed by atoms with van der Waals surface area (Å²) in [6.07, 6.45) is 0.781. The molecule has 0 unspecified atom stereocenters. The zero-order valence-electron chi connectivity index (χ0n) is 12.3. The molecule has 0 fully saturated rings.